The van der Waals surface area contributed by atoms with Gasteiger partial charge in [0.1, 0.15) is 0 Å². The Labute approximate surface area is 415 Å². The smallest absolute Gasteiger partial charge is 0.0544 e. The van der Waals surface area contributed by atoms with Crippen molar-refractivity contribution < 1.29 is 0 Å². The van der Waals surface area contributed by atoms with Crippen LogP contribution in [-0.4, -0.2) is 0 Å². The minimum Gasteiger partial charge on any atom is -0.310 e. The highest BCUT2D eigenvalue weighted by molar-refractivity contribution is 6.00. The summed E-state index contributed by atoms with van der Waals surface area (Å²) in [6.07, 6.45) is 0. The number of aryl methyl sites for hydroxylation is 4. The van der Waals surface area contributed by atoms with Gasteiger partial charge in [0, 0.05) is 50.4 Å². The van der Waals surface area contributed by atoms with E-state index < -0.39 is 0 Å². The Balaban J connectivity index is 1.01. The monoisotopic (exact) mass is 907 g/mol. The molecule has 3 aliphatic rings. The highest BCUT2D eigenvalue weighted by atomic mass is 15.2. The molecule has 0 saturated heterocycles. The van der Waals surface area contributed by atoms with E-state index in [-0.39, 0.29) is 16.2 Å². The third-order valence-electron chi connectivity index (χ3n) is 15.8. The van der Waals surface area contributed by atoms with Crippen molar-refractivity contribution in [3.63, 3.8) is 0 Å². The van der Waals surface area contributed by atoms with Crippen molar-refractivity contribution in [2.75, 3.05) is 14.7 Å². The highest BCUT2D eigenvalue weighted by Crippen LogP contribution is 2.67. The lowest BCUT2D eigenvalue weighted by atomic mass is 9.60. The van der Waals surface area contributed by atoms with Crippen LogP contribution in [0.2, 0.25) is 0 Å². The largest absolute Gasteiger partial charge is 0.310 e. The molecule has 0 radical (unpaired) electrons. The van der Waals surface area contributed by atoms with Crippen LogP contribution in [0.25, 0.3) is 22.3 Å². The van der Waals surface area contributed by atoms with Crippen molar-refractivity contribution in [2.45, 2.75) is 85.5 Å². The molecule has 3 nitrogen and oxygen atoms in total. The van der Waals surface area contributed by atoms with Gasteiger partial charge >= 0.3 is 0 Å². The van der Waals surface area contributed by atoms with Crippen molar-refractivity contribution >= 4 is 51.2 Å². The Morgan fingerprint density at radius 3 is 0.914 bits per heavy atom. The Morgan fingerprint density at radius 2 is 0.571 bits per heavy atom. The minimum atomic E-state index is -0.313. The second-order valence-corrected chi connectivity index (χ2v) is 21.9. The van der Waals surface area contributed by atoms with Crippen molar-refractivity contribution in [1.29, 1.82) is 0 Å². The zero-order chi connectivity index (χ0) is 48.4. The fourth-order valence-corrected chi connectivity index (χ4v) is 12.4. The van der Waals surface area contributed by atoms with E-state index in [1.54, 1.807) is 0 Å². The van der Waals surface area contributed by atoms with Crippen molar-refractivity contribution in [1.82, 2.24) is 0 Å². The predicted molar refractivity (Wildman–Crippen MR) is 297 cm³/mol. The average Bonchev–Trinajstić information content (AvgIpc) is 3.34. The van der Waals surface area contributed by atoms with Gasteiger partial charge in [0.2, 0.25) is 0 Å². The lowest BCUT2D eigenvalue weighted by Gasteiger charge is -2.55. The zero-order valence-corrected chi connectivity index (χ0v) is 42.2. The first-order valence-electron chi connectivity index (χ1n) is 25.0. The molecule has 12 rings (SSSR count). The number of para-hydroxylation sites is 3. The quantitative estimate of drug-likeness (QED) is 0.150. The van der Waals surface area contributed by atoms with Crippen LogP contribution in [0.1, 0.15) is 97.2 Å². The molecule has 0 unspecified atom stereocenters. The molecule has 0 aliphatic carbocycles. The van der Waals surface area contributed by atoms with Gasteiger partial charge in [0.05, 0.1) is 17.1 Å². The molecular weight excluding hydrogens is 847 g/mol. The second kappa shape index (κ2) is 15.7. The Bertz CT molecular complexity index is 3270. The van der Waals surface area contributed by atoms with E-state index in [1.807, 2.05) is 0 Å². The van der Waals surface area contributed by atoms with Crippen LogP contribution in [0.5, 0.6) is 0 Å². The van der Waals surface area contributed by atoms with E-state index in [0.717, 1.165) is 22.7 Å². The molecule has 3 aliphatic heterocycles. The molecule has 0 saturated carbocycles. The van der Waals surface area contributed by atoms with Gasteiger partial charge in [-0.15, -0.1) is 0 Å². The first-order valence-corrected chi connectivity index (χ1v) is 25.0. The summed E-state index contributed by atoms with van der Waals surface area (Å²) in [6, 6.07) is 70.8. The molecule has 0 spiro atoms. The van der Waals surface area contributed by atoms with Gasteiger partial charge in [-0.2, -0.15) is 0 Å². The third kappa shape index (κ3) is 6.69. The molecule has 0 bridgehead atoms. The van der Waals surface area contributed by atoms with E-state index in [4.69, 9.17) is 0 Å². The number of anilines is 9. The van der Waals surface area contributed by atoms with Crippen molar-refractivity contribution in [3.05, 3.63) is 244 Å². The normalized spacial score (nSPS) is 15.0. The maximum atomic E-state index is 2.69. The van der Waals surface area contributed by atoms with Crippen LogP contribution >= 0.6 is 0 Å². The Kier molecular flexibility index (Phi) is 9.79. The number of benzene rings is 9. The molecule has 0 aromatic heterocycles. The van der Waals surface area contributed by atoms with Gasteiger partial charge in [-0.1, -0.05) is 133 Å². The van der Waals surface area contributed by atoms with Gasteiger partial charge < -0.3 is 14.7 Å². The van der Waals surface area contributed by atoms with Gasteiger partial charge in [0.15, 0.2) is 0 Å². The standard InChI is InChI=1S/C67H61N3/c1-42-32-43(2)35-54(34-42)68(50-18-13-11-14-19-50)52-28-24-46(25-29-52)48-38-58-63-60(40-48)67(9,10)61-41-49(39-59-64(61)70(63)62-56(65(58,5)6)22-17-23-57(62)66(59,7)8)47-26-30-53(31-27-47)69(51-20-15-12-16-21-51)55-36-44(3)33-45(4)37-55/h11-41H,1-10H3. The highest BCUT2D eigenvalue weighted by Gasteiger charge is 2.52. The van der Waals surface area contributed by atoms with Crippen LogP contribution in [-0.2, 0) is 16.2 Å². The number of rotatable bonds is 8. The van der Waals surface area contributed by atoms with Gasteiger partial charge in [-0.25, -0.2) is 0 Å². The average molecular weight is 908 g/mol. The predicted octanol–water partition coefficient (Wildman–Crippen LogP) is 18.6. The molecule has 344 valence electrons. The molecule has 3 heteroatoms. The molecule has 70 heavy (non-hydrogen) atoms. The topological polar surface area (TPSA) is 9.72 Å². The van der Waals surface area contributed by atoms with E-state index >= 15 is 0 Å². The number of nitrogens with zero attached hydrogens (tertiary/aromatic N) is 3. The SMILES string of the molecule is Cc1cc(C)cc(N(c2ccccc2)c2ccc(-c3cc4c5c(c3)C(C)(C)c3cc(-c6ccc(N(c7ccccc7)c7cc(C)cc(C)c7)cc6)cc6c3N5c3c(cccc3C6(C)C)C4(C)C)cc2)c1. The van der Waals surface area contributed by atoms with Gasteiger partial charge in [-0.05, 0) is 203 Å². The van der Waals surface area contributed by atoms with Crippen molar-refractivity contribution in [3.8, 4) is 22.3 Å². The summed E-state index contributed by atoms with van der Waals surface area (Å²) >= 11 is 0. The molecule has 0 amide bonds. The first kappa shape index (κ1) is 43.6. The molecular formula is C67H61N3. The maximum Gasteiger partial charge on any atom is 0.0544 e. The molecule has 0 N–H and O–H groups in total. The van der Waals surface area contributed by atoms with E-state index in [9.17, 15) is 0 Å². The summed E-state index contributed by atoms with van der Waals surface area (Å²) in [4.78, 5) is 7.44. The van der Waals surface area contributed by atoms with Crippen LogP contribution in [0.15, 0.2) is 188 Å². The number of hydrogen-bond donors (Lipinski definition) is 0. The Morgan fingerprint density at radius 1 is 0.271 bits per heavy atom. The van der Waals surface area contributed by atoms with Crippen LogP contribution in [0, 0.1) is 27.7 Å². The summed E-state index contributed by atoms with van der Waals surface area (Å²) < 4.78 is 0. The number of hydrogen-bond acceptors (Lipinski definition) is 3. The zero-order valence-electron chi connectivity index (χ0n) is 42.2. The Hall–Kier alpha value is -7.62. The third-order valence-corrected chi connectivity index (χ3v) is 15.8. The van der Waals surface area contributed by atoms with Crippen LogP contribution < -0.4 is 14.7 Å². The van der Waals surface area contributed by atoms with E-state index in [1.165, 1.54) is 106 Å². The van der Waals surface area contributed by atoms with Gasteiger partial charge in [0.25, 0.3) is 0 Å². The van der Waals surface area contributed by atoms with E-state index in [0.29, 0.717) is 0 Å². The summed E-state index contributed by atoms with van der Waals surface area (Å²) in [5, 5.41) is 0. The summed E-state index contributed by atoms with van der Waals surface area (Å²) in [7, 11) is 0. The molecule has 0 fully saturated rings. The maximum absolute atomic E-state index is 2.69. The van der Waals surface area contributed by atoms with Crippen LogP contribution in [0.3, 0.4) is 0 Å². The van der Waals surface area contributed by atoms with Crippen LogP contribution in [0.4, 0.5) is 51.2 Å². The molecule has 9 aromatic rings. The summed E-state index contributed by atoms with van der Waals surface area (Å²) in [5.41, 5.74) is 28.4. The molecule has 0 atom stereocenters. The lowest BCUT2D eigenvalue weighted by Crippen LogP contribution is -2.43. The summed E-state index contributed by atoms with van der Waals surface area (Å²) in [6.45, 7) is 23.5. The fraction of sp³-hybridized carbons (Fsp3) is 0.194. The summed E-state index contributed by atoms with van der Waals surface area (Å²) in [5.74, 6) is 0. The second-order valence-electron chi connectivity index (χ2n) is 21.9. The molecule has 3 heterocycles. The minimum absolute atomic E-state index is 0.233. The molecule has 9 aromatic carbocycles. The van der Waals surface area contributed by atoms with Crippen molar-refractivity contribution in [2.24, 2.45) is 0 Å². The lowest BCUT2D eigenvalue weighted by molar-refractivity contribution is 0.567. The van der Waals surface area contributed by atoms with Gasteiger partial charge in [-0.3, -0.25) is 0 Å². The fourth-order valence-electron chi connectivity index (χ4n) is 12.4. The first-order chi connectivity index (χ1) is 33.6. The van der Waals surface area contributed by atoms with E-state index in [2.05, 4.69) is 272 Å².